The largest absolute Gasteiger partial charge is 0.464 e. The molecule has 3 heterocycles. The van der Waals surface area contributed by atoms with Crippen LogP contribution < -0.4 is 24.8 Å². The van der Waals surface area contributed by atoms with Crippen LogP contribution in [0.1, 0.15) is 77.6 Å². The number of nitrogens with zero attached hydrogens (tertiary/aromatic N) is 2. The third-order valence-corrected chi connectivity index (χ3v) is 11.6. The van der Waals surface area contributed by atoms with Gasteiger partial charge in [-0.25, -0.2) is 4.58 Å². The number of fused-ring (bicyclic) bond motifs is 4. The van der Waals surface area contributed by atoms with Gasteiger partial charge in [-0.05, 0) is 51.5 Å². The predicted octanol–water partition coefficient (Wildman–Crippen LogP) is 4.07. The lowest BCUT2D eigenvalue weighted by molar-refractivity contribution is -0.141. The minimum absolute atomic E-state index is 0.0553. The Morgan fingerprint density at radius 3 is 2.23 bits per heavy atom. The fourth-order valence-electron chi connectivity index (χ4n) is 7.51. The van der Waals surface area contributed by atoms with Gasteiger partial charge >= 0.3 is 11.9 Å². The summed E-state index contributed by atoms with van der Waals surface area (Å²) in [5.74, 6) is 0.409. The molecule has 0 fully saturated rings. The van der Waals surface area contributed by atoms with Gasteiger partial charge < -0.3 is 19.1 Å². The zero-order valence-corrected chi connectivity index (χ0v) is 29.5. The third kappa shape index (κ3) is 5.46. The number of rotatable bonds is 8. The SMILES string of the molecule is CC(=O)OCCN1c2cc3c(cc2C(C)(C)C1C)C(c1ccccc1S(=O)(=O)O)=c1cc2c(cc1O3)=[N+](CCOC(C)=O)C(C)C2(C)C. The average molecular weight is 676 g/mol. The average Bonchev–Trinajstić information content (AvgIpc) is 3.30. The van der Waals surface area contributed by atoms with Gasteiger partial charge in [0, 0.05) is 64.5 Å². The molecule has 0 bridgehead atoms. The van der Waals surface area contributed by atoms with Crippen molar-refractivity contribution in [2.24, 2.45) is 0 Å². The Kier molecular flexibility index (Phi) is 8.23. The molecule has 0 saturated heterocycles. The molecule has 3 aromatic rings. The topological polar surface area (TPSA) is 122 Å². The standard InChI is InChI=1S/C37H42N2O8S/c1-21-36(5,6)28-17-26-32(19-30(28)38(21)13-15-45-23(3)40)47-33-20-31-29(37(7,8)22(2)39(31)14-16-46-24(4)41)18-27(33)35(26)25-11-9-10-12-34(25)48(42,43)44/h9-12,17-22H,13-16H2,1-8H3/p+1. The number of hydrogen-bond acceptors (Lipinski definition) is 8. The number of benzene rings is 3. The third-order valence-electron chi connectivity index (χ3n) is 10.7. The first-order valence-corrected chi connectivity index (χ1v) is 17.7. The quantitative estimate of drug-likeness (QED) is 0.167. The molecule has 3 aliphatic heterocycles. The summed E-state index contributed by atoms with van der Waals surface area (Å²) in [6.07, 6.45) is 0. The van der Waals surface area contributed by atoms with E-state index in [-0.39, 0.29) is 53.0 Å². The number of anilines is 1. The highest BCUT2D eigenvalue weighted by Crippen LogP contribution is 2.50. The van der Waals surface area contributed by atoms with E-state index in [1.807, 2.05) is 12.1 Å². The first-order chi connectivity index (χ1) is 22.4. The fraction of sp³-hybridized carbons (Fsp3) is 0.432. The molecule has 254 valence electrons. The lowest BCUT2D eigenvalue weighted by atomic mass is 9.78. The molecule has 11 heteroatoms. The maximum Gasteiger partial charge on any atom is 0.302 e. The van der Waals surface area contributed by atoms with Gasteiger partial charge in [-0.2, -0.15) is 8.42 Å². The molecule has 0 amide bonds. The molecule has 6 rings (SSSR count). The van der Waals surface area contributed by atoms with Crippen LogP contribution in [0.25, 0.3) is 5.57 Å². The first kappa shape index (κ1) is 33.7. The van der Waals surface area contributed by atoms with Gasteiger partial charge in [-0.15, -0.1) is 0 Å². The highest BCUT2D eigenvalue weighted by atomic mass is 32.2. The number of carbonyl (C=O) groups is 2. The Bertz CT molecular complexity index is 2100. The highest BCUT2D eigenvalue weighted by Gasteiger charge is 2.46. The molecular weight excluding hydrogens is 632 g/mol. The predicted molar refractivity (Wildman–Crippen MR) is 182 cm³/mol. The van der Waals surface area contributed by atoms with Crippen LogP contribution in [0.15, 0.2) is 53.4 Å². The maximum atomic E-state index is 12.8. The van der Waals surface area contributed by atoms with Crippen molar-refractivity contribution >= 4 is 33.3 Å². The lowest BCUT2D eigenvalue weighted by Gasteiger charge is -2.31. The van der Waals surface area contributed by atoms with E-state index in [9.17, 15) is 22.6 Å². The Morgan fingerprint density at radius 2 is 1.56 bits per heavy atom. The van der Waals surface area contributed by atoms with Gasteiger partial charge in [0.2, 0.25) is 5.36 Å². The minimum atomic E-state index is -4.59. The van der Waals surface area contributed by atoms with Crippen molar-refractivity contribution in [2.45, 2.75) is 83.2 Å². The van der Waals surface area contributed by atoms with Gasteiger partial charge in [-0.1, -0.05) is 32.0 Å². The van der Waals surface area contributed by atoms with E-state index >= 15 is 0 Å². The summed E-state index contributed by atoms with van der Waals surface area (Å²) < 4.78 is 55.5. The summed E-state index contributed by atoms with van der Waals surface area (Å²) in [5.41, 5.74) is 4.16. The smallest absolute Gasteiger partial charge is 0.302 e. The molecule has 0 saturated carbocycles. The van der Waals surface area contributed by atoms with Crippen molar-refractivity contribution in [3.63, 3.8) is 0 Å². The summed E-state index contributed by atoms with van der Waals surface area (Å²) >= 11 is 0. The van der Waals surface area contributed by atoms with E-state index in [0.717, 1.165) is 33.0 Å². The van der Waals surface area contributed by atoms with Crippen LogP contribution in [0.3, 0.4) is 0 Å². The second-order valence-electron chi connectivity index (χ2n) is 14.0. The first-order valence-electron chi connectivity index (χ1n) is 16.2. The van der Waals surface area contributed by atoms with Gasteiger partial charge in [-0.3, -0.25) is 14.1 Å². The van der Waals surface area contributed by atoms with E-state index < -0.39 is 10.1 Å². The second kappa shape index (κ2) is 11.7. The highest BCUT2D eigenvalue weighted by molar-refractivity contribution is 7.86. The number of ether oxygens (including phenoxy) is 3. The van der Waals surface area contributed by atoms with E-state index in [1.165, 1.54) is 19.9 Å². The van der Waals surface area contributed by atoms with Gasteiger partial charge in [0.05, 0.1) is 18.0 Å². The van der Waals surface area contributed by atoms with E-state index in [1.54, 1.807) is 18.2 Å². The van der Waals surface area contributed by atoms with Crippen molar-refractivity contribution in [1.29, 1.82) is 0 Å². The molecular formula is C37H43N2O8S+. The monoisotopic (exact) mass is 675 g/mol. The summed E-state index contributed by atoms with van der Waals surface area (Å²) in [6, 6.07) is 14.7. The molecule has 0 aliphatic carbocycles. The van der Waals surface area contributed by atoms with Crippen LogP contribution >= 0.6 is 0 Å². The Morgan fingerprint density at radius 1 is 0.896 bits per heavy atom. The Balaban J connectivity index is 1.65. The zero-order chi connectivity index (χ0) is 34.9. The van der Waals surface area contributed by atoms with Crippen molar-refractivity contribution in [3.8, 4) is 11.5 Å². The van der Waals surface area contributed by atoms with Crippen LogP contribution in [-0.2, 0) is 40.0 Å². The van der Waals surface area contributed by atoms with Crippen molar-refractivity contribution < 1.29 is 36.8 Å². The van der Waals surface area contributed by atoms with Crippen molar-refractivity contribution in [3.05, 3.63) is 81.4 Å². The molecule has 0 aromatic heterocycles. The van der Waals surface area contributed by atoms with Gasteiger partial charge in [0.1, 0.15) is 29.6 Å². The fourth-order valence-corrected chi connectivity index (χ4v) is 8.21. The van der Waals surface area contributed by atoms with E-state index in [4.69, 9.17) is 14.2 Å². The zero-order valence-electron chi connectivity index (χ0n) is 28.7. The summed E-state index contributed by atoms with van der Waals surface area (Å²) in [5, 5.41) is 1.66. The molecule has 10 nitrogen and oxygen atoms in total. The Labute approximate surface area is 281 Å². The molecule has 3 aliphatic rings. The molecule has 3 aromatic carbocycles. The van der Waals surface area contributed by atoms with Crippen LogP contribution in [0.4, 0.5) is 5.69 Å². The number of carbonyl (C=O) groups excluding carboxylic acids is 2. The van der Waals surface area contributed by atoms with Crippen LogP contribution in [0.2, 0.25) is 0 Å². The molecule has 48 heavy (non-hydrogen) atoms. The molecule has 0 spiro atoms. The summed E-state index contributed by atoms with van der Waals surface area (Å²) in [7, 11) is -4.59. The van der Waals surface area contributed by atoms with Crippen LogP contribution in [0.5, 0.6) is 11.5 Å². The maximum absolute atomic E-state index is 12.8. The van der Waals surface area contributed by atoms with Crippen molar-refractivity contribution in [2.75, 3.05) is 31.2 Å². The Hall–Kier alpha value is -4.22. The van der Waals surface area contributed by atoms with Gasteiger partial charge in [0.25, 0.3) is 10.1 Å². The number of esters is 2. The van der Waals surface area contributed by atoms with E-state index in [0.29, 0.717) is 35.7 Å². The van der Waals surface area contributed by atoms with E-state index in [2.05, 4.69) is 63.2 Å². The number of hydrogen-bond donors (Lipinski definition) is 1. The summed E-state index contributed by atoms with van der Waals surface area (Å²) in [6.45, 7) is 17.2. The second-order valence-corrected chi connectivity index (χ2v) is 15.4. The molecule has 2 unspecified atom stereocenters. The molecule has 0 radical (unpaired) electrons. The lowest BCUT2D eigenvalue weighted by Crippen LogP contribution is -2.40. The van der Waals surface area contributed by atoms with Gasteiger partial charge in [0.15, 0.2) is 12.6 Å². The summed E-state index contributed by atoms with van der Waals surface area (Å²) in [4.78, 5) is 25.1. The molecule has 2 atom stereocenters. The normalized spacial score (nSPS) is 20.0. The minimum Gasteiger partial charge on any atom is -0.464 e. The molecule has 1 N–H and O–H groups in total. The van der Waals surface area contributed by atoms with Crippen LogP contribution in [0, 0.1) is 0 Å². The van der Waals surface area contributed by atoms with Crippen LogP contribution in [-0.4, -0.2) is 63.3 Å². The van der Waals surface area contributed by atoms with Crippen molar-refractivity contribution in [1.82, 2.24) is 4.58 Å².